The van der Waals surface area contributed by atoms with Crippen LogP contribution < -0.4 is 14.4 Å². The summed E-state index contributed by atoms with van der Waals surface area (Å²) in [5.74, 6) is 0.812. The molecule has 1 heterocycles. The number of nitrogens with one attached hydrogen (secondary N) is 1. The molecule has 1 N–H and O–H groups in total. The summed E-state index contributed by atoms with van der Waals surface area (Å²) < 4.78 is 8.78. The van der Waals surface area contributed by atoms with E-state index in [0.29, 0.717) is 0 Å². The fourth-order valence-corrected chi connectivity index (χ4v) is 4.02. The number of methoxy groups -OCH3 is 1. The number of hydrogen-bond acceptors (Lipinski definition) is 5. The van der Waals surface area contributed by atoms with Gasteiger partial charge < -0.3 is 14.4 Å². The van der Waals surface area contributed by atoms with Gasteiger partial charge >= 0.3 is 0 Å². The Bertz CT molecular complexity index is 983. The summed E-state index contributed by atoms with van der Waals surface area (Å²) in [6.07, 6.45) is 6.46. The molecule has 2 aromatic carbocycles. The molecule has 28 heavy (non-hydrogen) atoms. The zero-order chi connectivity index (χ0) is 19.5. The van der Waals surface area contributed by atoms with Crippen LogP contribution in [0.15, 0.2) is 61.4 Å². The van der Waals surface area contributed by atoms with Crippen molar-refractivity contribution in [1.82, 2.24) is 4.98 Å². The standard InChI is InChI=1S/C23H25N3OS/c1-4-26(15-17-5-7-18(8-6-17)25-28-20-10-11-20)23-16(2)14-24-22-13-19(27-3)9-12-21(22)23/h4-9,12-14,20,25H,1,10-11,15H2,2-3H3. The van der Waals surface area contributed by atoms with Crippen molar-refractivity contribution < 1.29 is 4.74 Å². The average Bonchev–Trinajstić information content (AvgIpc) is 3.56. The molecule has 0 aliphatic heterocycles. The summed E-state index contributed by atoms with van der Waals surface area (Å²) in [5, 5.41) is 1.89. The fourth-order valence-electron chi connectivity index (χ4n) is 3.21. The van der Waals surface area contributed by atoms with E-state index in [-0.39, 0.29) is 0 Å². The maximum atomic E-state index is 5.34. The van der Waals surface area contributed by atoms with E-state index in [9.17, 15) is 0 Å². The number of nitrogens with zero attached hydrogens (tertiary/aromatic N) is 2. The minimum absolute atomic E-state index is 0.755. The van der Waals surface area contributed by atoms with E-state index >= 15 is 0 Å². The average molecular weight is 392 g/mol. The fraction of sp³-hybridized carbons (Fsp3) is 0.261. The van der Waals surface area contributed by atoms with Crippen molar-refractivity contribution >= 4 is 34.2 Å². The number of anilines is 2. The monoisotopic (exact) mass is 391 g/mol. The second-order valence-corrected chi connectivity index (χ2v) is 8.21. The minimum Gasteiger partial charge on any atom is -0.497 e. The Morgan fingerprint density at radius 3 is 2.71 bits per heavy atom. The lowest BCUT2D eigenvalue weighted by Gasteiger charge is -2.24. The van der Waals surface area contributed by atoms with Crippen LogP contribution in [0.1, 0.15) is 24.0 Å². The van der Waals surface area contributed by atoms with Gasteiger partial charge in [0.15, 0.2) is 0 Å². The first kappa shape index (κ1) is 18.7. The summed E-state index contributed by atoms with van der Waals surface area (Å²) >= 11 is 1.83. The number of ether oxygens (including phenoxy) is 1. The zero-order valence-electron chi connectivity index (χ0n) is 16.3. The largest absolute Gasteiger partial charge is 0.497 e. The quantitative estimate of drug-likeness (QED) is 0.482. The summed E-state index contributed by atoms with van der Waals surface area (Å²) in [6, 6.07) is 14.7. The maximum absolute atomic E-state index is 5.34. The van der Waals surface area contributed by atoms with Crippen LogP contribution in [0.25, 0.3) is 10.9 Å². The molecule has 1 fully saturated rings. The first-order chi connectivity index (χ1) is 13.7. The van der Waals surface area contributed by atoms with Crippen molar-refractivity contribution in [3.05, 3.63) is 72.6 Å². The van der Waals surface area contributed by atoms with Crippen LogP contribution in [0.3, 0.4) is 0 Å². The number of pyridine rings is 1. The van der Waals surface area contributed by atoms with Gasteiger partial charge in [-0.25, -0.2) is 0 Å². The number of hydrogen-bond donors (Lipinski definition) is 1. The molecule has 3 aromatic rings. The smallest absolute Gasteiger partial charge is 0.121 e. The molecule has 0 bridgehead atoms. The molecule has 0 saturated heterocycles. The van der Waals surface area contributed by atoms with Crippen molar-refractivity contribution in [2.24, 2.45) is 0 Å². The molecule has 0 atom stereocenters. The van der Waals surface area contributed by atoms with Gasteiger partial charge in [0.05, 0.1) is 18.3 Å². The SMILES string of the molecule is C=CN(Cc1ccc(NSC2CC2)cc1)c1c(C)cnc2cc(OC)ccc12. The molecule has 144 valence electrons. The van der Waals surface area contributed by atoms with Gasteiger partial charge in [0, 0.05) is 35.1 Å². The third-order valence-electron chi connectivity index (χ3n) is 4.91. The first-order valence-corrected chi connectivity index (χ1v) is 10.4. The van der Waals surface area contributed by atoms with Crippen LogP contribution in [0.2, 0.25) is 0 Å². The van der Waals surface area contributed by atoms with E-state index in [1.54, 1.807) is 7.11 Å². The Labute approximate surface area is 170 Å². The molecule has 0 radical (unpaired) electrons. The Hall–Kier alpha value is -2.66. The number of fused-ring (bicyclic) bond motifs is 1. The van der Waals surface area contributed by atoms with Gasteiger partial charge in [-0.2, -0.15) is 0 Å². The van der Waals surface area contributed by atoms with E-state index in [1.807, 2.05) is 36.5 Å². The van der Waals surface area contributed by atoms with Gasteiger partial charge in [-0.15, -0.1) is 0 Å². The molecule has 4 nitrogen and oxygen atoms in total. The van der Waals surface area contributed by atoms with E-state index < -0.39 is 0 Å². The predicted molar refractivity (Wildman–Crippen MR) is 120 cm³/mol. The van der Waals surface area contributed by atoms with E-state index in [2.05, 4.69) is 58.4 Å². The summed E-state index contributed by atoms with van der Waals surface area (Å²) in [6.45, 7) is 6.90. The van der Waals surface area contributed by atoms with Crippen LogP contribution in [0.4, 0.5) is 11.4 Å². The molecule has 1 saturated carbocycles. The van der Waals surface area contributed by atoms with Crippen molar-refractivity contribution in [2.75, 3.05) is 16.7 Å². The van der Waals surface area contributed by atoms with Crippen LogP contribution in [0, 0.1) is 6.92 Å². The lowest BCUT2D eigenvalue weighted by molar-refractivity contribution is 0.415. The molecular weight excluding hydrogens is 366 g/mol. The molecule has 0 unspecified atom stereocenters. The third-order valence-corrected chi connectivity index (χ3v) is 6.07. The van der Waals surface area contributed by atoms with E-state index in [4.69, 9.17) is 4.74 Å². The highest BCUT2D eigenvalue weighted by molar-refractivity contribution is 8.01. The van der Waals surface area contributed by atoms with E-state index in [0.717, 1.165) is 45.4 Å². The third kappa shape index (κ3) is 4.09. The van der Waals surface area contributed by atoms with E-state index in [1.165, 1.54) is 18.4 Å². The number of aromatic nitrogens is 1. The Morgan fingerprint density at radius 1 is 1.25 bits per heavy atom. The minimum atomic E-state index is 0.755. The van der Waals surface area contributed by atoms with Crippen LogP contribution >= 0.6 is 11.9 Å². The van der Waals surface area contributed by atoms with Gasteiger partial charge in [-0.1, -0.05) is 18.7 Å². The normalized spacial score (nSPS) is 13.4. The van der Waals surface area contributed by atoms with Gasteiger partial charge in [0.25, 0.3) is 0 Å². The van der Waals surface area contributed by atoms with Crippen LogP contribution in [0.5, 0.6) is 5.75 Å². The lowest BCUT2D eigenvalue weighted by atomic mass is 10.1. The van der Waals surface area contributed by atoms with Crippen LogP contribution in [-0.4, -0.2) is 17.3 Å². The van der Waals surface area contributed by atoms with Crippen molar-refractivity contribution in [1.29, 1.82) is 0 Å². The lowest BCUT2D eigenvalue weighted by Crippen LogP contribution is -2.16. The molecule has 1 aromatic heterocycles. The summed E-state index contributed by atoms with van der Waals surface area (Å²) in [7, 11) is 1.67. The summed E-state index contributed by atoms with van der Waals surface area (Å²) in [5.41, 5.74) is 5.57. The number of benzene rings is 2. The second kappa shape index (κ2) is 8.15. The second-order valence-electron chi connectivity index (χ2n) is 7.10. The molecule has 1 aliphatic rings. The topological polar surface area (TPSA) is 37.4 Å². The van der Waals surface area contributed by atoms with Crippen molar-refractivity contribution in [3.8, 4) is 5.75 Å². The van der Waals surface area contributed by atoms with Gasteiger partial charge in [0.2, 0.25) is 0 Å². The van der Waals surface area contributed by atoms with Gasteiger partial charge in [-0.3, -0.25) is 4.98 Å². The molecule has 5 heteroatoms. The highest BCUT2D eigenvalue weighted by Crippen LogP contribution is 2.35. The van der Waals surface area contributed by atoms with Crippen molar-refractivity contribution in [3.63, 3.8) is 0 Å². The highest BCUT2D eigenvalue weighted by Gasteiger charge is 2.22. The number of rotatable bonds is 8. The van der Waals surface area contributed by atoms with Gasteiger partial charge in [0.1, 0.15) is 5.75 Å². The Balaban J connectivity index is 1.58. The molecule has 0 spiro atoms. The van der Waals surface area contributed by atoms with Crippen LogP contribution in [-0.2, 0) is 6.54 Å². The molecule has 1 aliphatic carbocycles. The Morgan fingerprint density at radius 2 is 2.04 bits per heavy atom. The Kier molecular flexibility index (Phi) is 5.44. The molecular formula is C23H25N3OS. The predicted octanol–water partition coefficient (Wildman–Crippen LogP) is 5.92. The van der Waals surface area contributed by atoms with Crippen molar-refractivity contribution in [2.45, 2.75) is 31.6 Å². The maximum Gasteiger partial charge on any atom is 0.121 e. The number of aryl methyl sites for hydroxylation is 1. The highest BCUT2D eigenvalue weighted by atomic mass is 32.2. The first-order valence-electron chi connectivity index (χ1n) is 9.51. The summed E-state index contributed by atoms with van der Waals surface area (Å²) in [4.78, 5) is 6.76. The molecule has 4 rings (SSSR count). The molecule has 0 amide bonds. The van der Waals surface area contributed by atoms with Gasteiger partial charge in [-0.05, 0) is 73.3 Å². The zero-order valence-corrected chi connectivity index (χ0v) is 17.1.